The summed E-state index contributed by atoms with van der Waals surface area (Å²) >= 11 is 0. The van der Waals surface area contributed by atoms with Crippen LogP contribution in [0.3, 0.4) is 0 Å². The lowest BCUT2D eigenvalue weighted by Crippen LogP contribution is -2.41. The van der Waals surface area contributed by atoms with Gasteiger partial charge in [-0.2, -0.15) is 0 Å². The summed E-state index contributed by atoms with van der Waals surface area (Å²) in [4.78, 5) is 23.0. The fraction of sp³-hybridized carbons (Fsp3) is 0.615. The highest BCUT2D eigenvalue weighted by atomic mass is 16.7. The number of amides is 1. The van der Waals surface area contributed by atoms with Gasteiger partial charge in [0.05, 0.1) is 29.1 Å². The van der Waals surface area contributed by atoms with Crippen LogP contribution in [0.15, 0.2) is 30.5 Å². The summed E-state index contributed by atoms with van der Waals surface area (Å²) in [6.45, 7) is 16.0. The molecule has 2 atom stereocenters. The normalized spacial score (nSPS) is 24.0. The third-order valence-electron chi connectivity index (χ3n) is 7.24. The second-order valence-electron chi connectivity index (χ2n) is 11.4. The van der Waals surface area contributed by atoms with Gasteiger partial charge in [0.25, 0.3) is 0 Å². The van der Waals surface area contributed by atoms with Gasteiger partial charge in [-0.1, -0.05) is 31.2 Å². The lowest BCUT2D eigenvalue weighted by atomic mass is 9.79. The fourth-order valence-electron chi connectivity index (χ4n) is 4.59. The highest BCUT2D eigenvalue weighted by Crippen LogP contribution is 2.38. The summed E-state index contributed by atoms with van der Waals surface area (Å²) in [6.07, 6.45) is 4.27. The summed E-state index contributed by atoms with van der Waals surface area (Å²) < 4.78 is 18.0. The molecule has 1 N–H and O–H groups in total. The monoisotopic (exact) mass is 467 g/mol. The average Bonchev–Trinajstić information content (AvgIpc) is 3.42. The van der Waals surface area contributed by atoms with Crippen molar-refractivity contribution < 1.29 is 18.8 Å². The molecule has 3 heterocycles. The molecule has 2 fully saturated rings. The summed E-state index contributed by atoms with van der Waals surface area (Å²) in [5.74, 6) is 0.798. The van der Waals surface area contributed by atoms with Crippen molar-refractivity contribution in [3.63, 3.8) is 0 Å². The Hall–Kier alpha value is -2.32. The minimum Gasteiger partial charge on any atom is -0.444 e. The van der Waals surface area contributed by atoms with Gasteiger partial charge in [0.15, 0.2) is 0 Å². The zero-order valence-electron chi connectivity index (χ0n) is 21.8. The molecule has 1 aromatic heterocycles. The number of carbonyl (C=O) groups excluding carboxylic acids is 1. The molecule has 0 aliphatic carbocycles. The van der Waals surface area contributed by atoms with Crippen molar-refractivity contribution in [3.05, 3.63) is 36.3 Å². The number of rotatable bonds is 4. The maximum absolute atomic E-state index is 13.0. The van der Waals surface area contributed by atoms with E-state index in [0.717, 1.165) is 41.8 Å². The zero-order chi connectivity index (χ0) is 24.9. The number of nitrogens with zero attached hydrogens (tertiary/aromatic N) is 2. The lowest BCUT2D eigenvalue weighted by molar-refractivity contribution is 0.00578. The molecule has 2 saturated heterocycles. The van der Waals surface area contributed by atoms with Crippen molar-refractivity contribution in [2.24, 2.45) is 0 Å². The molecular weight excluding hydrogens is 429 g/mol. The molecule has 34 heavy (non-hydrogen) atoms. The van der Waals surface area contributed by atoms with Gasteiger partial charge in [0.2, 0.25) is 0 Å². The van der Waals surface area contributed by atoms with E-state index in [1.54, 1.807) is 0 Å². The van der Waals surface area contributed by atoms with Gasteiger partial charge in [-0.25, -0.2) is 9.78 Å². The summed E-state index contributed by atoms with van der Waals surface area (Å²) in [5.41, 5.74) is 1.65. The molecule has 2 aliphatic heterocycles. The Balaban J connectivity index is 1.51. The molecule has 0 spiro atoms. The van der Waals surface area contributed by atoms with Crippen LogP contribution in [0.25, 0.3) is 11.3 Å². The van der Waals surface area contributed by atoms with E-state index in [4.69, 9.17) is 14.0 Å². The first-order valence-corrected chi connectivity index (χ1v) is 12.3. The van der Waals surface area contributed by atoms with Gasteiger partial charge in [0, 0.05) is 6.04 Å². The highest BCUT2D eigenvalue weighted by Gasteiger charge is 2.51. The number of aromatic amines is 1. The molecule has 2 aromatic rings. The molecule has 4 rings (SSSR count). The number of nitrogens with one attached hydrogen (secondary N) is 1. The molecule has 1 aromatic carbocycles. The van der Waals surface area contributed by atoms with Crippen LogP contribution >= 0.6 is 0 Å². The Morgan fingerprint density at radius 1 is 1.15 bits per heavy atom. The van der Waals surface area contributed by atoms with Gasteiger partial charge < -0.3 is 19.0 Å². The van der Waals surface area contributed by atoms with E-state index in [-0.39, 0.29) is 36.5 Å². The van der Waals surface area contributed by atoms with E-state index in [1.165, 1.54) is 0 Å². The van der Waals surface area contributed by atoms with Crippen LogP contribution in [-0.2, 0) is 14.0 Å². The zero-order valence-corrected chi connectivity index (χ0v) is 21.8. The average molecular weight is 467 g/mol. The second kappa shape index (κ2) is 8.72. The fourth-order valence-corrected chi connectivity index (χ4v) is 4.59. The Bertz CT molecular complexity index is 1010. The summed E-state index contributed by atoms with van der Waals surface area (Å²) in [7, 11) is -0.386. The number of hydrogen-bond acceptors (Lipinski definition) is 5. The maximum Gasteiger partial charge on any atom is 0.494 e. The topological polar surface area (TPSA) is 76.7 Å². The standard InChI is InChI=1S/C26H38BN3O4/c1-9-19-14-15-21(30(19)23(31)32-24(2,3)4)22-28-16-20(29-22)17-10-12-18(13-11-17)27-33-25(5,6)26(7,8)34-27/h10-13,16,19,21H,9,14-15H2,1-8H3,(H,28,29)/t19-,21+/m1/s1. The molecule has 0 bridgehead atoms. The first kappa shape index (κ1) is 24.8. The number of H-pyrrole nitrogens is 1. The van der Waals surface area contributed by atoms with Crippen LogP contribution in [0.1, 0.15) is 86.5 Å². The minimum atomic E-state index is -0.532. The van der Waals surface area contributed by atoms with E-state index in [1.807, 2.05) is 56.1 Å². The van der Waals surface area contributed by atoms with E-state index in [0.29, 0.717) is 0 Å². The number of hydrogen-bond donors (Lipinski definition) is 1. The smallest absolute Gasteiger partial charge is 0.444 e. The van der Waals surface area contributed by atoms with Crippen LogP contribution in [0.4, 0.5) is 4.79 Å². The number of likely N-dealkylation sites (tertiary alicyclic amines) is 1. The molecular formula is C26H38BN3O4. The van der Waals surface area contributed by atoms with Crippen LogP contribution in [0.5, 0.6) is 0 Å². The van der Waals surface area contributed by atoms with E-state index in [2.05, 4.69) is 44.6 Å². The predicted molar refractivity (Wildman–Crippen MR) is 134 cm³/mol. The first-order chi connectivity index (χ1) is 15.8. The molecule has 184 valence electrons. The summed E-state index contributed by atoms with van der Waals surface area (Å²) in [5, 5.41) is 0. The molecule has 0 radical (unpaired) electrons. The van der Waals surface area contributed by atoms with E-state index < -0.39 is 5.60 Å². The Morgan fingerprint density at radius 2 is 1.76 bits per heavy atom. The van der Waals surface area contributed by atoms with Crippen molar-refractivity contribution in [1.29, 1.82) is 0 Å². The highest BCUT2D eigenvalue weighted by molar-refractivity contribution is 6.62. The van der Waals surface area contributed by atoms with Gasteiger partial charge in [-0.15, -0.1) is 0 Å². The van der Waals surface area contributed by atoms with E-state index >= 15 is 0 Å². The number of benzene rings is 1. The van der Waals surface area contributed by atoms with Crippen LogP contribution in [-0.4, -0.2) is 50.9 Å². The molecule has 1 amide bonds. The largest absolute Gasteiger partial charge is 0.494 e. The van der Waals surface area contributed by atoms with Gasteiger partial charge >= 0.3 is 13.2 Å². The summed E-state index contributed by atoms with van der Waals surface area (Å²) in [6, 6.07) is 8.21. The van der Waals surface area contributed by atoms with Gasteiger partial charge in [-0.3, -0.25) is 4.90 Å². The second-order valence-corrected chi connectivity index (χ2v) is 11.4. The first-order valence-electron chi connectivity index (χ1n) is 12.3. The Labute approximate surface area is 203 Å². The molecule has 2 aliphatic rings. The van der Waals surface area contributed by atoms with Crippen molar-refractivity contribution >= 4 is 18.7 Å². The maximum atomic E-state index is 13.0. The van der Waals surface area contributed by atoms with Crippen molar-refractivity contribution in [2.75, 3.05) is 0 Å². The van der Waals surface area contributed by atoms with E-state index in [9.17, 15) is 4.79 Å². The number of imidazole rings is 1. The molecule has 7 nitrogen and oxygen atoms in total. The predicted octanol–water partition coefficient (Wildman–Crippen LogP) is 5.23. The molecule has 0 saturated carbocycles. The van der Waals surface area contributed by atoms with Crippen LogP contribution in [0.2, 0.25) is 0 Å². The SMILES string of the molecule is CC[C@@H]1CC[C@@H](c2ncc(-c3ccc(B4OC(C)(C)C(C)(C)O4)cc3)[nH]2)N1C(=O)OC(C)(C)C. The number of ether oxygens (including phenoxy) is 1. The van der Waals surface area contributed by atoms with Crippen LogP contribution in [0, 0.1) is 0 Å². The van der Waals surface area contributed by atoms with Gasteiger partial charge in [0.1, 0.15) is 11.4 Å². The third kappa shape index (κ3) is 4.75. The Kier molecular flexibility index (Phi) is 6.36. The lowest BCUT2D eigenvalue weighted by Gasteiger charge is -2.32. The molecule has 0 unspecified atom stereocenters. The quantitative estimate of drug-likeness (QED) is 0.624. The van der Waals surface area contributed by atoms with Gasteiger partial charge in [-0.05, 0) is 78.8 Å². The van der Waals surface area contributed by atoms with Crippen molar-refractivity contribution in [1.82, 2.24) is 14.9 Å². The molecule has 8 heteroatoms. The third-order valence-corrected chi connectivity index (χ3v) is 7.24. The Morgan fingerprint density at radius 3 is 2.32 bits per heavy atom. The number of aromatic nitrogens is 2. The van der Waals surface area contributed by atoms with Crippen molar-refractivity contribution in [3.8, 4) is 11.3 Å². The van der Waals surface area contributed by atoms with Crippen molar-refractivity contribution in [2.45, 2.75) is 104 Å². The number of carbonyl (C=O) groups is 1. The minimum absolute atomic E-state index is 0.113. The van der Waals surface area contributed by atoms with Crippen LogP contribution < -0.4 is 5.46 Å².